The van der Waals surface area contributed by atoms with Gasteiger partial charge in [0.05, 0.1) is 0 Å². The molecule has 0 spiro atoms. The summed E-state index contributed by atoms with van der Waals surface area (Å²) in [6.07, 6.45) is 1.15. The number of carbonyl (C=O) groups excluding carboxylic acids is 1. The highest BCUT2D eigenvalue weighted by Crippen LogP contribution is 1.84. The number of hydrogen-bond acceptors (Lipinski definition) is 3. The second kappa shape index (κ2) is 8.01. The van der Waals surface area contributed by atoms with Crippen LogP contribution < -0.4 is 10.6 Å². The Kier molecular flexibility index (Phi) is 7.63. The van der Waals surface area contributed by atoms with Crippen LogP contribution in [0, 0.1) is 0 Å². The molecule has 0 heterocycles. The van der Waals surface area contributed by atoms with E-state index in [1.807, 2.05) is 7.05 Å². The molecule has 0 aromatic rings. The molecular formula is C9H21N3O. The maximum absolute atomic E-state index is 10.5. The summed E-state index contributed by atoms with van der Waals surface area (Å²) in [7, 11) is 4.02. The summed E-state index contributed by atoms with van der Waals surface area (Å²) >= 11 is 0. The van der Waals surface area contributed by atoms with E-state index in [0.717, 1.165) is 32.6 Å². The van der Waals surface area contributed by atoms with Gasteiger partial charge in [0.25, 0.3) is 0 Å². The van der Waals surface area contributed by atoms with Gasteiger partial charge in [0.1, 0.15) is 0 Å². The number of nitrogens with zero attached hydrogens (tertiary/aromatic N) is 1. The van der Waals surface area contributed by atoms with E-state index in [4.69, 9.17) is 0 Å². The van der Waals surface area contributed by atoms with Crippen molar-refractivity contribution in [3.63, 3.8) is 0 Å². The number of carbonyl (C=O) groups is 1. The van der Waals surface area contributed by atoms with Crippen LogP contribution >= 0.6 is 0 Å². The molecule has 13 heavy (non-hydrogen) atoms. The van der Waals surface area contributed by atoms with Crippen LogP contribution in [0.1, 0.15) is 13.3 Å². The number of hydrogen-bond donors (Lipinski definition) is 2. The van der Waals surface area contributed by atoms with Gasteiger partial charge in [-0.1, -0.05) is 0 Å². The highest BCUT2D eigenvalue weighted by Gasteiger charge is 1.97. The van der Waals surface area contributed by atoms with Crippen molar-refractivity contribution in [2.45, 2.75) is 13.3 Å². The van der Waals surface area contributed by atoms with Crippen molar-refractivity contribution in [2.75, 3.05) is 40.3 Å². The molecule has 0 aliphatic rings. The van der Waals surface area contributed by atoms with Crippen LogP contribution in [0.3, 0.4) is 0 Å². The van der Waals surface area contributed by atoms with E-state index < -0.39 is 0 Å². The van der Waals surface area contributed by atoms with Gasteiger partial charge < -0.3 is 15.5 Å². The van der Waals surface area contributed by atoms with Crippen LogP contribution in [-0.4, -0.2) is 51.1 Å². The van der Waals surface area contributed by atoms with Gasteiger partial charge in [0.2, 0.25) is 5.91 Å². The first-order valence-corrected chi connectivity index (χ1v) is 4.74. The van der Waals surface area contributed by atoms with E-state index in [2.05, 4.69) is 22.6 Å². The highest BCUT2D eigenvalue weighted by atomic mass is 16.1. The van der Waals surface area contributed by atoms with Crippen molar-refractivity contribution >= 4 is 5.91 Å². The second-order valence-electron chi connectivity index (χ2n) is 3.24. The summed E-state index contributed by atoms with van der Waals surface area (Å²) in [5, 5.41) is 5.87. The monoisotopic (exact) mass is 187 g/mol. The molecule has 0 aliphatic heterocycles. The zero-order chi connectivity index (χ0) is 10.1. The zero-order valence-electron chi connectivity index (χ0n) is 8.89. The summed E-state index contributed by atoms with van der Waals surface area (Å²) in [4.78, 5) is 12.8. The third-order valence-corrected chi connectivity index (χ3v) is 1.83. The van der Waals surface area contributed by atoms with Gasteiger partial charge in [-0.15, -0.1) is 0 Å². The van der Waals surface area contributed by atoms with Crippen molar-refractivity contribution in [2.24, 2.45) is 0 Å². The molecular weight excluding hydrogens is 166 g/mol. The molecule has 0 bridgehead atoms. The first kappa shape index (κ1) is 12.4. The normalized spacial score (nSPS) is 10.5. The van der Waals surface area contributed by atoms with Gasteiger partial charge >= 0.3 is 0 Å². The van der Waals surface area contributed by atoms with Crippen molar-refractivity contribution in [1.29, 1.82) is 0 Å². The molecule has 1 amide bonds. The fraction of sp³-hybridized carbons (Fsp3) is 0.889. The Morgan fingerprint density at radius 2 is 2.00 bits per heavy atom. The summed E-state index contributed by atoms with van der Waals surface area (Å²) in [5.74, 6) is 0.0450. The van der Waals surface area contributed by atoms with Crippen molar-refractivity contribution < 1.29 is 4.79 Å². The molecule has 0 rings (SSSR count). The van der Waals surface area contributed by atoms with Crippen LogP contribution in [0.15, 0.2) is 0 Å². The molecule has 0 aromatic heterocycles. The van der Waals surface area contributed by atoms with Crippen molar-refractivity contribution in [1.82, 2.24) is 15.5 Å². The molecule has 0 unspecified atom stereocenters. The molecule has 4 nitrogen and oxygen atoms in total. The maximum Gasteiger partial charge on any atom is 0.216 e. The largest absolute Gasteiger partial charge is 0.355 e. The Morgan fingerprint density at radius 3 is 2.54 bits per heavy atom. The minimum absolute atomic E-state index is 0.0450. The van der Waals surface area contributed by atoms with Crippen LogP contribution in [0.25, 0.3) is 0 Å². The van der Waals surface area contributed by atoms with Gasteiger partial charge in [-0.3, -0.25) is 4.79 Å². The molecule has 0 fully saturated rings. The molecule has 78 valence electrons. The lowest BCUT2D eigenvalue weighted by molar-refractivity contribution is -0.118. The third kappa shape index (κ3) is 9.30. The molecule has 0 aromatic carbocycles. The van der Waals surface area contributed by atoms with E-state index in [-0.39, 0.29) is 5.91 Å². The van der Waals surface area contributed by atoms with E-state index in [0.29, 0.717) is 0 Å². The lowest BCUT2D eigenvalue weighted by Gasteiger charge is -2.16. The standard InChI is InChI=1S/C9H21N3O/c1-9(13)11-6-8-12(3)7-4-5-10-2/h10H,4-8H2,1-3H3,(H,11,13). The van der Waals surface area contributed by atoms with E-state index in [9.17, 15) is 4.79 Å². The summed E-state index contributed by atoms with van der Waals surface area (Å²) in [6, 6.07) is 0. The van der Waals surface area contributed by atoms with Gasteiger partial charge in [0, 0.05) is 20.0 Å². The average Bonchev–Trinajstić information content (AvgIpc) is 2.04. The highest BCUT2D eigenvalue weighted by molar-refractivity contribution is 5.72. The van der Waals surface area contributed by atoms with Gasteiger partial charge in [0.15, 0.2) is 0 Å². The molecule has 4 heteroatoms. The Morgan fingerprint density at radius 1 is 1.31 bits per heavy atom. The molecule has 0 radical (unpaired) electrons. The third-order valence-electron chi connectivity index (χ3n) is 1.83. The van der Waals surface area contributed by atoms with Crippen LogP contribution in [0.5, 0.6) is 0 Å². The molecule has 0 aliphatic carbocycles. The van der Waals surface area contributed by atoms with Gasteiger partial charge in [-0.2, -0.15) is 0 Å². The number of likely N-dealkylation sites (N-methyl/N-ethyl adjacent to an activating group) is 1. The fourth-order valence-corrected chi connectivity index (χ4v) is 1.06. The summed E-state index contributed by atoms with van der Waals surface area (Å²) in [5.41, 5.74) is 0. The first-order chi connectivity index (χ1) is 6.16. The SMILES string of the molecule is CNCCCN(C)CCNC(C)=O. The van der Waals surface area contributed by atoms with Crippen molar-refractivity contribution in [3.8, 4) is 0 Å². The van der Waals surface area contributed by atoms with Crippen LogP contribution in [0.2, 0.25) is 0 Å². The van der Waals surface area contributed by atoms with Gasteiger partial charge in [-0.25, -0.2) is 0 Å². The maximum atomic E-state index is 10.5. The number of amides is 1. The first-order valence-electron chi connectivity index (χ1n) is 4.74. The zero-order valence-corrected chi connectivity index (χ0v) is 8.89. The number of rotatable bonds is 7. The predicted molar refractivity (Wildman–Crippen MR) is 54.7 cm³/mol. The van der Waals surface area contributed by atoms with Crippen molar-refractivity contribution in [3.05, 3.63) is 0 Å². The Balaban J connectivity index is 3.19. The summed E-state index contributed by atoms with van der Waals surface area (Å²) < 4.78 is 0. The van der Waals surface area contributed by atoms with E-state index in [1.165, 1.54) is 0 Å². The number of nitrogens with one attached hydrogen (secondary N) is 2. The van der Waals surface area contributed by atoms with Crippen LogP contribution in [0.4, 0.5) is 0 Å². The molecule has 0 saturated heterocycles. The van der Waals surface area contributed by atoms with E-state index in [1.54, 1.807) is 6.92 Å². The van der Waals surface area contributed by atoms with E-state index >= 15 is 0 Å². The lowest BCUT2D eigenvalue weighted by atomic mass is 10.4. The molecule has 0 saturated carbocycles. The Hall–Kier alpha value is -0.610. The molecule has 0 atom stereocenters. The average molecular weight is 187 g/mol. The quantitative estimate of drug-likeness (QED) is 0.536. The lowest BCUT2D eigenvalue weighted by Crippen LogP contribution is -2.32. The molecule has 2 N–H and O–H groups in total. The minimum Gasteiger partial charge on any atom is -0.355 e. The minimum atomic E-state index is 0.0450. The smallest absolute Gasteiger partial charge is 0.216 e. The second-order valence-corrected chi connectivity index (χ2v) is 3.24. The fourth-order valence-electron chi connectivity index (χ4n) is 1.06. The topological polar surface area (TPSA) is 44.4 Å². The summed E-state index contributed by atoms with van der Waals surface area (Å²) in [6.45, 7) is 5.32. The van der Waals surface area contributed by atoms with Crippen LogP contribution in [-0.2, 0) is 4.79 Å². The Bertz CT molecular complexity index is 139. The Labute approximate surface area is 80.7 Å². The predicted octanol–water partition coefficient (Wildman–Crippen LogP) is -0.336. The van der Waals surface area contributed by atoms with Gasteiger partial charge in [-0.05, 0) is 33.6 Å².